The molecule has 0 spiro atoms. The highest BCUT2D eigenvalue weighted by Crippen LogP contribution is 2.56. The molecule has 6 rings (SSSR count). The summed E-state index contributed by atoms with van der Waals surface area (Å²) < 4.78 is 0. The standard InChI is InChI=1S/C51H68N2/c1-5-9-13-19-31-50(32-20-14-10-6-2)46-24-18-17-23-42(46)43-28-25-39(35-47(43)50)38-53-41-27-30-45-44-29-26-40(52)36-48(44)51(49(45)37-41,33-21-15-11-7-3)34-22-16-12-8-4/h17-18,23-30,35-38H,5-16,19-22,31-34,52H2,1-4H3. The minimum atomic E-state index is 0.00155. The van der Waals surface area contributed by atoms with Gasteiger partial charge in [-0.25, -0.2) is 0 Å². The molecule has 0 aliphatic heterocycles. The minimum absolute atomic E-state index is 0.00155. The lowest BCUT2D eigenvalue weighted by Crippen LogP contribution is -2.25. The molecule has 0 radical (unpaired) electrons. The number of anilines is 1. The van der Waals surface area contributed by atoms with Gasteiger partial charge in [0.05, 0.1) is 5.69 Å². The highest BCUT2D eigenvalue weighted by atomic mass is 14.7. The van der Waals surface area contributed by atoms with Gasteiger partial charge >= 0.3 is 0 Å². The Labute approximate surface area is 323 Å². The summed E-state index contributed by atoms with van der Waals surface area (Å²) in [6, 6.07) is 30.3. The number of hydrogen-bond acceptors (Lipinski definition) is 2. The molecule has 282 valence electrons. The van der Waals surface area contributed by atoms with Crippen LogP contribution in [0.15, 0.2) is 83.9 Å². The molecule has 53 heavy (non-hydrogen) atoms. The van der Waals surface area contributed by atoms with Crippen LogP contribution in [0.1, 0.15) is 184 Å². The van der Waals surface area contributed by atoms with E-state index in [0.29, 0.717) is 0 Å². The first kappa shape index (κ1) is 39.1. The summed E-state index contributed by atoms with van der Waals surface area (Å²) in [5.41, 5.74) is 21.4. The average molecular weight is 709 g/mol. The predicted molar refractivity (Wildman–Crippen MR) is 232 cm³/mol. The molecule has 0 saturated carbocycles. The molecule has 0 aromatic heterocycles. The molecule has 2 aliphatic carbocycles. The van der Waals surface area contributed by atoms with Crippen LogP contribution in [-0.2, 0) is 10.8 Å². The van der Waals surface area contributed by atoms with E-state index >= 15 is 0 Å². The van der Waals surface area contributed by atoms with Crippen LogP contribution in [0.5, 0.6) is 0 Å². The molecule has 2 nitrogen and oxygen atoms in total. The van der Waals surface area contributed by atoms with Gasteiger partial charge in [-0.1, -0.05) is 179 Å². The number of aliphatic imine (C=N–C) groups is 1. The van der Waals surface area contributed by atoms with E-state index in [0.717, 1.165) is 11.4 Å². The van der Waals surface area contributed by atoms with Crippen molar-refractivity contribution in [3.8, 4) is 22.3 Å². The van der Waals surface area contributed by atoms with E-state index in [9.17, 15) is 0 Å². The number of hydrogen-bond donors (Lipinski definition) is 1. The lowest BCUT2D eigenvalue weighted by Gasteiger charge is -2.33. The Kier molecular flexibility index (Phi) is 13.7. The van der Waals surface area contributed by atoms with Crippen molar-refractivity contribution in [3.63, 3.8) is 0 Å². The summed E-state index contributed by atoms with van der Waals surface area (Å²) in [6.45, 7) is 9.27. The van der Waals surface area contributed by atoms with Crippen molar-refractivity contribution in [1.82, 2.24) is 0 Å². The molecule has 0 atom stereocenters. The van der Waals surface area contributed by atoms with Crippen LogP contribution in [0.3, 0.4) is 0 Å². The number of rotatable bonds is 22. The molecular formula is C51H68N2. The second-order valence-corrected chi connectivity index (χ2v) is 16.6. The molecule has 0 fully saturated rings. The highest BCUT2D eigenvalue weighted by molar-refractivity contribution is 5.89. The van der Waals surface area contributed by atoms with Gasteiger partial charge in [0.1, 0.15) is 0 Å². The van der Waals surface area contributed by atoms with E-state index in [2.05, 4.69) is 113 Å². The second-order valence-electron chi connectivity index (χ2n) is 16.6. The maximum Gasteiger partial charge on any atom is 0.0633 e. The van der Waals surface area contributed by atoms with Gasteiger partial charge in [0.2, 0.25) is 0 Å². The van der Waals surface area contributed by atoms with Gasteiger partial charge in [-0.15, -0.1) is 0 Å². The minimum Gasteiger partial charge on any atom is -0.399 e. The van der Waals surface area contributed by atoms with Crippen LogP contribution in [0, 0.1) is 0 Å². The molecule has 0 amide bonds. The van der Waals surface area contributed by atoms with Crippen molar-refractivity contribution >= 4 is 17.6 Å². The predicted octanol–water partition coefficient (Wildman–Crippen LogP) is 15.4. The Hall–Kier alpha value is -3.65. The van der Waals surface area contributed by atoms with Gasteiger partial charge in [0, 0.05) is 22.7 Å². The monoisotopic (exact) mass is 709 g/mol. The topological polar surface area (TPSA) is 38.4 Å². The zero-order valence-corrected chi connectivity index (χ0v) is 33.7. The fourth-order valence-electron chi connectivity index (χ4n) is 10.0. The lowest BCUT2D eigenvalue weighted by molar-refractivity contribution is 0.401. The van der Waals surface area contributed by atoms with Crippen LogP contribution in [0.2, 0.25) is 0 Å². The smallest absolute Gasteiger partial charge is 0.0633 e. The number of fused-ring (bicyclic) bond motifs is 6. The first-order valence-electron chi connectivity index (χ1n) is 21.8. The SMILES string of the molecule is CCCCCCC1(CCCCCC)c2ccccc2-c2ccc(C=Nc3ccc4c(c3)C(CCCCCC)(CCCCCC)c3cc(N)ccc3-4)cc21. The maximum absolute atomic E-state index is 6.52. The van der Waals surface area contributed by atoms with Crippen LogP contribution in [-0.4, -0.2) is 6.21 Å². The second kappa shape index (κ2) is 18.6. The Morgan fingerprint density at radius 2 is 0.906 bits per heavy atom. The van der Waals surface area contributed by atoms with Gasteiger partial charge < -0.3 is 5.73 Å². The zero-order chi connectivity index (χ0) is 37.1. The molecule has 2 N–H and O–H groups in total. The summed E-state index contributed by atoms with van der Waals surface area (Å²) >= 11 is 0. The van der Waals surface area contributed by atoms with Crippen LogP contribution >= 0.6 is 0 Å². The van der Waals surface area contributed by atoms with Crippen molar-refractivity contribution in [3.05, 3.63) is 107 Å². The van der Waals surface area contributed by atoms with E-state index in [1.165, 1.54) is 173 Å². The Morgan fingerprint density at radius 3 is 1.47 bits per heavy atom. The van der Waals surface area contributed by atoms with E-state index in [-0.39, 0.29) is 10.8 Å². The molecule has 4 aromatic carbocycles. The Morgan fingerprint density at radius 1 is 0.453 bits per heavy atom. The first-order valence-corrected chi connectivity index (χ1v) is 21.8. The summed E-state index contributed by atoms with van der Waals surface area (Å²) in [4.78, 5) is 5.27. The number of nitrogens with zero attached hydrogens (tertiary/aromatic N) is 1. The van der Waals surface area contributed by atoms with Gasteiger partial charge in [-0.05, 0) is 106 Å². The van der Waals surface area contributed by atoms with Crippen molar-refractivity contribution in [2.45, 2.75) is 167 Å². The van der Waals surface area contributed by atoms with Gasteiger partial charge in [-0.2, -0.15) is 0 Å². The van der Waals surface area contributed by atoms with E-state index < -0.39 is 0 Å². The molecule has 2 heteroatoms. The van der Waals surface area contributed by atoms with Gasteiger partial charge in [-0.3, -0.25) is 4.99 Å². The molecule has 2 aliphatic rings. The molecule has 4 aromatic rings. The molecule has 0 heterocycles. The largest absolute Gasteiger partial charge is 0.399 e. The summed E-state index contributed by atoms with van der Waals surface area (Å²) in [7, 11) is 0. The lowest BCUT2D eigenvalue weighted by atomic mass is 9.70. The van der Waals surface area contributed by atoms with Crippen molar-refractivity contribution in [2.24, 2.45) is 4.99 Å². The zero-order valence-electron chi connectivity index (χ0n) is 33.7. The number of nitrogen functional groups attached to an aromatic ring is 1. The fourth-order valence-corrected chi connectivity index (χ4v) is 10.0. The Balaban J connectivity index is 1.36. The first-order chi connectivity index (χ1) is 26.0. The quantitative estimate of drug-likeness (QED) is 0.0493. The Bertz CT molecular complexity index is 1790. The van der Waals surface area contributed by atoms with Gasteiger partial charge in [0.25, 0.3) is 0 Å². The van der Waals surface area contributed by atoms with Crippen LogP contribution in [0.25, 0.3) is 22.3 Å². The van der Waals surface area contributed by atoms with Crippen LogP contribution < -0.4 is 5.73 Å². The van der Waals surface area contributed by atoms with Gasteiger partial charge in [0.15, 0.2) is 0 Å². The molecule has 0 bridgehead atoms. The van der Waals surface area contributed by atoms with Crippen molar-refractivity contribution < 1.29 is 0 Å². The third-order valence-electron chi connectivity index (χ3n) is 12.9. The maximum atomic E-state index is 6.52. The summed E-state index contributed by atoms with van der Waals surface area (Å²) in [5, 5.41) is 0. The van der Waals surface area contributed by atoms with E-state index in [1.54, 1.807) is 5.56 Å². The van der Waals surface area contributed by atoms with Crippen LogP contribution in [0.4, 0.5) is 11.4 Å². The highest BCUT2D eigenvalue weighted by Gasteiger charge is 2.43. The average Bonchev–Trinajstić information content (AvgIpc) is 3.60. The van der Waals surface area contributed by atoms with Crippen molar-refractivity contribution in [2.75, 3.05) is 5.73 Å². The molecule has 0 saturated heterocycles. The van der Waals surface area contributed by atoms with E-state index in [1.807, 2.05) is 0 Å². The summed E-state index contributed by atoms with van der Waals surface area (Å²) in [6.07, 6.45) is 27.6. The number of benzene rings is 4. The normalized spacial score (nSPS) is 14.7. The summed E-state index contributed by atoms with van der Waals surface area (Å²) in [5.74, 6) is 0. The number of unbranched alkanes of at least 4 members (excludes halogenated alkanes) is 12. The number of nitrogens with two attached hydrogens (primary N) is 1. The van der Waals surface area contributed by atoms with E-state index in [4.69, 9.17) is 10.7 Å². The molecule has 0 unspecified atom stereocenters. The van der Waals surface area contributed by atoms with Crippen molar-refractivity contribution in [1.29, 1.82) is 0 Å². The molecular weight excluding hydrogens is 641 g/mol. The third kappa shape index (κ3) is 8.38. The fraction of sp³-hybridized carbons (Fsp3) is 0.510. The third-order valence-corrected chi connectivity index (χ3v) is 12.9.